The van der Waals surface area contributed by atoms with Gasteiger partial charge in [-0.1, -0.05) is 6.07 Å². The Kier molecular flexibility index (Phi) is 2.90. The summed E-state index contributed by atoms with van der Waals surface area (Å²) in [6.07, 6.45) is 1.61. The molecule has 1 amide bonds. The van der Waals surface area contributed by atoms with Crippen LogP contribution in [0.1, 0.15) is 18.9 Å². The van der Waals surface area contributed by atoms with Crippen LogP contribution < -0.4 is 10.1 Å². The summed E-state index contributed by atoms with van der Waals surface area (Å²) in [5.74, 6) is 0.544. The topological polar surface area (TPSA) is 55.4 Å². The van der Waals surface area contributed by atoms with Crippen molar-refractivity contribution in [3.8, 4) is 5.75 Å². The van der Waals surface area contributed by atoms with Gasteiger partial charge in [-0.3, -0.25) is 4.79 Å². The first-order valence-electron chi connectivity index (χ1n) is 5.25. The van der Waals surface area contributed by atoms with Crippen LogP contribution in [0.15, 0.2) is 18.2 Å². The second-order valence-electron chi connectivity index (χ2n) is 3.79. The van der Waals surface area contributed by atoms with Crippen molar-refractivity contribution in [2.24, 2.45) is 0 Å². The fraction of sp³-hybridized carbons (Fsp3) is 0.333. The first-order chi connectivity index (χ1) is 7.70. The molecule has 1 unspecified atom stereocenters. The third-order valence-electron chi connectivity index (χ3n) is 2.53. The number of nitrogens with one attached hydrogen (secondary N) is 1. The molecule has 4 nitrogen and oxygen atoms in total. The number of hydrogen-bond donors (Lipinski definition) is 1. The van der Waals surface area contributed by atoms with Crippen LogP contribution >= 0.6 is 0 Å². The highest BCUT2D eigenvalue weighted by atomic mass is 16.5. The molecule has 1 aliphatic rings. The monoisotopic (exact) mass is 219 g/mol. The lowest BCUT2D eigenvalue weighted by Gasteiger charge is -2.23. The summed E-state index contributed by atoms with van der Waals surface area (Å²) in [5, 5.41) is 2.77. The molecule has 2 rings (SSSR count). The van der Waals surface area contributed by atoms with Crippen LogP contribution in [-0.2, 0) is 16.0 Å². The van der Waals surface area contributed by atoms with E-state index in [9.17, 15) is 9.59 Å². The van der Waals surface area contributed by atoms with Crippen molar-refractivity contribution in [1.29, 1.82) is 0 Å². The van der Waals surface area contributed by atoms with Crippen molar-refractivity contribution in [2.75, 3.05) is 5.32 Å². The molecule has 1 aliphatic heterocycles. The maximum atomic E-state index is 11.4. The average Bonchev–Trinajstić information content (AvgIpc) is 2.28. The molecule has 0 aliphatic carbocycles. The summed E-state index contributed by atoms with van der Waals surface area (Å²) >= 11 is 0. The Morgan fingerprint density at radius 3 is 3.06 bits per heavy atom. The minimum atomic E-state index is -0.451. The minimum absolute atomic E-state index is 0.139. The van der Waals surface area contributed by atoms with Crippen molar-refractivity contribution in [1.82, 2.24) is 0 Å². The molecule has 1 aromatic carbocycles. The minimum Gasteiger partial charge on any atom is -0.479 e. The van der Waals surface area contributed by atoms with Crippen molar-refractivity contribution in [2.45, 2.75) is 25.9 Å². The Bertz CT molecular complexity index is 428. The molecule has 1 heterocycles. The van der Waals surface area contributed by atoms with Gasteiger partial charge in [0, 0.05) is 6.42 Å². The zero-order chi connectivity index (χ0) is 11.5. The molecule has 1 aromatic rings. The van der Waals surface area contributed by atoms with Crippen LogP contribution in [0.25, 0.3) is 0 Å². The molecule has 1 N–H and O–H groups in total. The van der Waals surface area contributed by atoms with Crippen LogP contribution in [0.2, 0.25) is 0 Å². The Balaban J connectivity index is 2.22. The maximum Gasteiger partial charge on any atom is 0.265 e. The lowest BCUT2D eigenvalue weighted by molar-refractivity contribution is -0.122. The number of aryl methyl sites for hydroxylation is 1. The number of anilines is 1. The van der Waals surface area contributed by atoms with Gasteiger partial charge in [0.1, 0.15) is 12.0 Å². The van der Waals surface area contributed by atoms with Gasteiger partial charge in [0.05, 0.1) is 5.69 Å². The van der Waals surface area contributed by atoms with Crippen LogP contribution in [-0.4, -0.2) is 18.3 Å². The Morgan fingerprint density at radius 2 is 2.31 bits per heavy atom. The van der Waals surface area contributed by atoms with E-state index in [1.165, 1.54) is 0 Å². The number of hydrogen-bond acceptors (Lipinski definition) is 3. The second-order valence-corrected chi connectivity index (χ2v) is 3.79. The number of carbonyl (C=O) groups excluding carboxylic acids is 2. The summed E-state index contributed by atoms with van der Waals surface area (Å²) < 4.78 is 5.42. The lowest BCUT2D eigenvalue weighted by Crippen LogP contribution is -2.34. The van der Waals surface area contributed by atoms with Crippen molar-refractivity contribution >= 4 is 17.9 Å². The van der Waals surface area contributed by atoms with E-state index in [4.69, 9.17) is 4.74 Å². The first kappa shape index (κ1) is 10.7. The summed E-state index contributed by atoms with van der Waals surface area (Å²) in [6.45, 7) is 1.71. The van der Waals surface area contributed by atoms with E-state index in [0.29, 0.717) is 24.3 Å². The van der Waals surface area contributed by atoms with Gasteiger partial charge in [-0.2, -0.15) is 0 Å². The molecular weight excluding hydrogens is 206 g/mol. The Hall–Kier alpha value is -1.84. The van der Waals surface area contributed by atoms with E-state index in [-0.39, 0.29) is 5.91 Å². The van der Waals surface area contributed by atoms with Crippen LogP contribution in [0.4, 0.5) is 5.69 Å². The number of amides is 1. The summed E-state index contributed by atoms with van der Waals surface area (Å²) in [7, 11) is 0. The predicted octanol–water partition coefficient (Wildman–Crippen LogP) is 1.54. The molecule has 0 saturated heterocycles. The van der Waals surface area contributed by atoms with Crippen molar-refractivity contribution in [3.05, 3.63) is 23.8 Å². The fourth-order valence-corrected chi connectivity index (χ4v) is 1.64. The maximum absolute atomic E-state index is 11.4. The number of rotatable bonds is 3. The lowest BCUT2D eigenvalue weighted by atomic mass is 10.1. The third-order valence-corrected chi connectivity index (χ3v) is 2.53. The number of benzene rings is 1. The predicted molar refractivity (Wildman–Crippen MR) is 59.5 cm³/mol. The van der Waals surface area contributed by atoms with Crippen molar-refractivity contribution < 1.29 is 14.3 Å². The molecule has 0 spiro atoms. The van der Waals surface area contributed by atoms with Gasteiger partial charge in [0.15, 0.2) is 6.10 Å². The van der Waals surface area contributed by atoms with Gasteiger partial charge in [-0.05, 0) is 31.0 Å². The third kappa shape index (κ3) is 2.05. The number of fused-ring (bicyclic) bond motifs is 1. The zero-order valence-corrected chi connectivity index (χ0v) is 9.03. The highest BCUT2D eigenvalue weighted by Crippen LogP contribution is 2.30. The van der Waals surface area contributed by atoms with Gasteiger partial charge < -0.3 is 14.8 Å². The molecule has 0 bridgehead atoms. The molecule has 0 aromatic heterocycles. The zero-order valence-electron chi connectivity index (χ0n) is 9.03. The number of carbonyl (C=O) groups is 2. The Labute approximate surface area is 93.6 Å². The van der Waals surface area contributed by atoms with Gasteiger partial charge in [-0.25, -0.2) is 0 Å². The smallest absolute Gasteiger partial charge is 0.265 e. The molecule has 16 heavy (non-hydrogen) atoms. The average molecular weight is 219 g/mol. The van der Waals surface area contributed by atoms with Gasteiger partial charge in [0.2, 0.25) is 0 Å². The van der Waals surface area contributed by atoms with Gasteiger partial charge in [0.25, 0.3) is 5.91 Å². The molecule has 4 heteroatoms. The Morgan fingerprint density at radius 1 is 1.50 bits per heavy atom. The van der Waals surface area contributed by atoms with Crippen LogP contribution in [0.5, 0.6) is 5.75 Å². The molecule has 1 atom stereocenters. The first-order valence-corrected chi connectivity index (χ1v) is 5.25. The fourth-order valence-electron chi connectivity index (χ4n) is 1.64. The quantitative estimate of drug-likeness (QED) is 0.784. The SMILES string of the molecule is CC1Oc2ccc(CCC=O)cc2NC1=O. The summed E-state index contributed by atoms with van der Waals surface area (Å²) in [4.78, 5) is 21.7. The van der Waals surface area contributed by atoms with E-state index >= 15 is 0 Å². The van der Waals surface area contributed by atoms with E-state index < -0.39 is 6.10 Å². The second kappa shape index (κ2) is 4.35. The number of aldehydes is 1. The highest BCUT2D eigenvalue weighted by molar-refractivity contribution is 5.97. The van der Waals surface area contributed by atoms with Gasteiger partial charge in [-0.15, -0.1) is 0 Å². The van der Waals surface area contributed by atoms with Crippen LogP contribution in [0, 0.1) is 0 Å². The van der Waals surface area contributed by atoms with E-state index in [1.54, 1.807) is 6.92 Å². The van der Waals surface area contributed by atoms with E-state index in [2.05, 4.69) is 5.32 Å². The van der Waals surface area contributed by atoms with E-state index in [1.807, 2.05) is 18.2 Å². The molecule has 84 valence electrons. The van der Waals surface area contributed by atoms with Gasteiger partial charge >= 0.3 is 0 Å². The van der Waals surface area contributed by atoms with Crippen LogP contribution in [0.3, 0.4) is 0 Å². The summed E-state index contributed by atoms with van der Waals surface area (Å²) in [5.41, 5.74) is 1.70. The standard InChI is InChI=1S/C12H13NO3/c1-8-12(15)13-10-7-9(3-2-6-14)4-5-11(10)16-8/h4-8H,2-3H2,1H3,(H,13,15). The molecule has 0 fully saturated rings. The molecule has 0 radical (unpaired) electrons. The van der Waals surface area contributed by atoms with Crippen molar-refractivity contribution in [3.63, 3.8) is 0 Å². The number of ether oxygens (including phenoxy) is 1. The molecular formula is C12H13NO3. The van der Waals surface area contributed by atoms with E-state index in [0.717, 1.165) is 11.8 Å². The largest absolute Gasteiger partial charge is 0.479 e. The summed E-state index contributed by atoms with van der Waals surface area (Å²) in [6, 6.07) is 5.58. The normalized spacial score (nSPS) is 18.3. The molecule has 0 saturated carbocycles. The highest BCUT2D eigenvalue weighted by Gasteiger charge is 2.23.